The lowest BCUT2D eigenvalue weighted by Crippen LogP contribution is -2.71. The van der Waals surface area contributed by atoms with E-state index >= 15 is 0 Å². The molecule has 4 rings (SSSR count). The first-order chi connectivity index (χ1) is 7.37. The predicted molar refractivity (Wildman–Crippen MR) is 66.6 cm³/mol. The minimum absolute atomic E-state index is 0.144. The number of alkyl halides is 1. The summed E-state index contributed by atoms with van der Waals surface area (Å²) < 4.78 is 24.5. The van der Waals surface area contributed by atoms with E-state index in [1.807, 2.05) is 19.1 Å². The number of aryl methyl sites for hydroxylation is 1. The third-order valence-electron chi connectivity index (χ3n) is 3.82. The zero-order chi connectivity index (χ0) is 11.6. The maximum absolute atomic E-state index is 12.4. The van der Waals surface area contributed by atoms with Crippen LogP contribution >= 0.6 is 15.9 Å². The Hall–Kier alpha value is -0.350. The molecular weight excluding hydrogens is 288 g/mol. The van der Waals surface area contributed by atoms with Gasteiger partial charge in [0, 0.05) is 4.32 Å². The van der Waals surface area contributed by atoms with E-state index in [-0.39, 0.29) is 4.32 Å². The van der Waals surface area contributed by atoms with Gasteiger partial charge in [-0.1, -0.05) is 33.6 Å². The zero-order valence-electron chi connectivity index (χ0n) is 9.03. The van der Waals surface area contributed by atoms with E-state index in [0.717, 1.165) is 24.8 Å². The fourth-order valence-electron chi connectivity index (χ4n) is 2.83. The van der Waals surface area contributed by atoms with Gasteiger partial charge in [0.15, 0.2) is 9.84 Å². The average Bonchev–Trinajstić information content (AvgIpc) is 2.12. The number of benzene rings is 1. The summed E-state index contributed by atoms with van der Waals surface area (Å²) in [4.78, 5) is 0.479. The SMILES string of the molecule is Cc1ccc(S(=O)(=O)C23CC(Br)(C2)C3)cc1. The Bertz CT molecular complexity index is 525. The van der Waals surface area contributed by atoms with Gasteiger partial charge < -0.3 is 0 Å². The molecule has 0 aliphatic heterocycles. The molecule has 0 amide bonds. The predicted octanol–water partition coefficient (Wildman–Crippen LogP) is 2.84. The van der Waals surface area contributed by atoms with Crippen LogP contribution in [0.5, 0.6) is 0 Å². The average molecular weight is 301 g/mol. The van der Waals surface area contributed by atoms with Gasteiger partial charge in [0.25, 0.3) is 0 Å². The molecule has 4 heteroatoms. The lowest BCUT2D eigenvalue weighted by atomic mass is 9.55. The van der Waals surface area contributed by atoms with Gasteiger partial charge in [0.2, 0.25) is 0 Å². The van der Waals surface area contributed by atoms with Crippen molar-refractivity contribution in [1.29, 1.82) is 0 Å². The van der Waals surface area contributed by atoms with Gasteiger partial charge in [-0.3, -0.25) is 0 Å². The molecule has 16 heavy (non-hydrogen) atoms. The molecule has 86 valence electrons. The van der Waals surface area contributed by atoms with E-state index in [0.29, 0.717) is 4.90 Å². The number of rotatable bonds is 2. The van der Waals surface area contributed by atoms with Crippen molar-refractivity contribution in [2.24, 2.45) is 0 Å². The Labute approximate surface area is 104 Å². The Morgan fingerprint density at radius 1 is 1.12 bits per heavy atom. The molecule has 0 unspecified atom stereocenters. The number of sulfone groups is 1. The highest BCUT2D eigenvalue weighted by Crippen LogP contribution is 2.70. The van der Waals surface area contributed by atoms with Crippen molar-refractivity contribution in [2.45, 2.75) is 40.2 Å². The molecule has 3 aliphatic rings. The lowest BCUT2D eigenvalue weighted by molar-refractivity contribution is 0.0935. The highest BCUT2D eigenvalue weighted by atomic mass is 79.9. The molecule has 2 bridgehead atoms. The largest absolute Gasteiger partial charge is 0.223 e. The molecule has 3 aliphatic carbocycles. The first kappa shape index (κ1) is 10.8. The fourth-order valence-corrected chi connectivity index (χ4v) is 7.39. The van der Waals surface area contributed by atoms with E-state index in [2.05, 4.69) is 15.9 Å². The first-order valence-corrected chi connectivity index (χ1v) is 7.65. The summed E-state index contributed by atoms with van der Waals surface area (Å²) in [5.74, 6) is 0. The van der Waals surface area contributed by atoms with E-state index in [9.17, 15) is 8.42 Å². The summed E-state index contributed by atoms with van der Waals surface area (Å²) in [5.41, 5.74) is 1.09. The zero-order valence-corrected chi connectivity index (χ0v) is 11.4. The molecule has 3 saturated carbocycles. The molecule has 1 aromatic carbocycles. The van der Waals surface area contributed by atoms with Crippen LogP contribution in [0, 0.1) is 6.92 Å². The number of hydrogen-bond acceptors (Lipinski definition) is 2. The van der Waals surface area contributed by atoms with E-state index in [1.165, 1.54) is 0 Å². The van der Waals surface area contributed by atoms with Gasteiger partial charge in [0.05, 0.1) is 9.64 Å². The summed E-state index contributed by atoms with van der Waals surface area (Å²) in [6.45, 7) is 1.96. The molecule has 0 heterocycles. The van der Waals surface area contributed by atoms with Gasteiger partial charge in [-0.15, -0.1) is 0 Å². The maximum Gasteiger partial charge on any atom is 0.184 e. The van der Waals surface area contributed by atoms with Crippen molar-refractivity contribution in [2.75, 3.05) is 0 Å². The second kappa shape index (κ2) is 2.91. The maximum atomic E-state index is 12.4. The standard InChI is InChI=1S/C12H13BrO2S/c1-9-2-4-10(5-3-9)16(14,15)12-6-11(13,7-12)8-12/h2-5H,6-8H2,1H3. The summed E-state index contributed by atoms with van der Waals surface area (Å²) in [6, 6.07) is 7.18. The van der Waals surface area contributed by atoms with E-state index in [1.54, 1.807) is 12.1 Å². The number of halogens is 1. The van der Waals surface area contributed by atoms with Crippen LogP contribution in [-0.4, -0.2) is 17.5 Å². The Balaban J connectivity index is 1.98. The third-order valence-corrected chi connectivity index (χ3v) is 7.13. The molecule has 0 N–H and O–H groups in total. The summed E-state index contributed by atoms with van der Waals surface area (Å²) in [6.07, 6.45) is 2.32. The minimum Gasteiger partial charge on any atom is -0.223 e. The van der Waals surface area contributed by atoms with E-state index < -0.39 is 14.6 Å². The van der Waals surface area contributed by atoms with Crippen LogP contribution in [0.25, 0.3) is 0 Å². The van der Waals surface area contributed by atoms with Crippen molar-refractivity contribution >= 4 is 25.8 Å². The van der Waals surface area contributed by atoms with Crippen LogP contribution in [0.2, 0.25) is 0 Å². The van der Waals surface area contributed by atoms with Crippen LogP contribution in [0.15, 0.2) is 29.2 Å². The quantitative estimate of drug-likeness (QED) is 0.787. The molecule has 2 nitrogen and oxygen atoms in total. The molecule has 3 fully saturated rings. The van der Waals surface area contributed by atoms with Crippen molar-refractivity contribution in [3.05, 3.63) is 29.8 Å². The molecule has 0 saturated heterocycles. The molecule has 0 atom stereocenters. The van der Waals surface area contributed by atoms with Crippen LogP contribution < -0.4 is 0 Å². The molecule has 0 aromatic heterocycles. The molecule has 0 radical (unpaired) electrons. The van der Waals surface area contributed by atoms with Gasteiger partial charge in [-0.05, 0) is 38.3 Å². The normalized spacial score (nSPS) is 36.4. The first-order valence-electron chi connectivity index (χ1n) is 5.37. The van der Waals surface area contributed by atoms with Gasteiger partial charge >= 0.3 is 0 Å². The summed E-state index contributed by atoms with van der Waals surface area (Å²) >= 11 is 3.58. The Morgan fingerprint density at radius 3 is 2.06 bits per heavy atom. The van der Waals surface area contributed by atoms with Gasteiger partial charge in [0.1, 0.15) is 0 Å². The second-order valence-electron chi connectivity index (χ2n) is 5.18. The highest BCUT2D eigenvalue weighted by Gasteiger charge is 2.73. The van der Waals surface area contributed by atoms with Crippen molar-refractivity contribution in [3.8, 4) is 0 Å². The molecular formula is C12H13BrO2S. The molecule has 0 spiro atoms. The van der Waals surface area contributed by atoms with Crippen molar-refractivity contribution in [1.82, 2.24) is 0 Å². The molecule has 1 aromatic rings. The second-order valence-corrected chi connectivity index (χ2v) is 9.21. The summed E-state index contributed by atoms with van der Waals surface area (Å²) in [7, 11) is -3.12. The smallest absolute Gasteiger partial charge is 0.184 e. The van der Waals surface area contributed by atoms with Crippen molar-refractivity contribution in [3.63, 3.8) is 0 Å². The topological polar surface area (TPSA) is 34.1 Å². The number of hydrogen-bond donors (Lipinski definition) is 0. The monoisotopic (exact) mass is 300 g/mol. The van der Waals surface area contributed by atoms with Crippen molar-refractivity contribution < 1.29 is 8.42 Å². The lowest BCUT2D eigenvalue weighted by Gasteiger charge is -2.66. The Morgan fingerprint density at radius 2 is 1.62 bits per heavy atom. The van der Waals surface area contributed by atoms with Crippen LogP contribution in [-0.2, 0) is 9.84 Å². The van der Waals surface area contributed by atoms with E-state index in [4.69, 9.17) is 0 Å². The van der Waals surface area contributed by atoms with Gasteiger partial charge in [-0.2, -0.15) is 0 Å². The van der Waals surface area contributed by atoms with Crippen LogP contribution in [0.3, 0.4) is 0 Å². The van der Waals surface area contributed by atoms with Crippen LogP contribution in [0.4, 0.5) is 0 Å². The fraction of sp³-hybridized carbons (Fsp3) is 0.500. The highest BCUT2D eigenvalue weighted by molar-refractivity contribution is 9.10. The Kier molecular flexibility index (Phi) is 1.96. The third kappa shape index (κ3) is 1.20. The summed E-state index contributed by atoms with van der Waals surface area (Å²) in [5, 5.41) is 0. The minimum atomic E-state index is -3.12. The van der Waals surface area contributed by atoms with Gasteiger partial charge in [-0.25, -0.2) is 8.42 Å². The van der Waals surface area contributed by atoms with Crippen LogP contribution in [0.1, 0.15) is 24.8 Å².